The van der Waals surface area contributed by atoms with Crippen molar-refractivity contribution in [3.63, 3.8) is 0 Å². The summed E-state index contributed by atoms with van der Waals surface area (Å²) in [6, 6.07) is 15.3. The standard InChI is InChI=1S/C17H14ClN5O3/c18-15-3-1-2-4-16(15)23-17(25)22(20-21-23)10-13(24)11-26-14-7-5-12(9-19)6-8-14/h1-8,13,24H,10-11H2/t13-/m1/s1. The fourth-order valence-electron chi connectivity index (χ4n) is 2.23. The van der Waals surface area contributed by atoms with Crippen LogP contribution in [0.2, 0.25) is 5.02 Å². The molecule has 0 amide bonds. The van der Waals surface area contributed by atoms with Crippen LogP contribution in [0.15, 0.2) is 53.3 Å². The predicted octanol–water partition coefficient (Wildman–Crippen LogP) is 1.39. The largest absolute Gasteiger partial charge is 0.491 e. The summed E-state index contributed by atoms with van der Waals surface area (Å²) >= 11 is 6.06. The highest BCUT2D eigenvalue weighted by molar-refractivity contribution is 6.32. The Balaban J connectivity index is 1.65. The topological polar surface area (TPSA) is 106 Å². The van der Waals surface area contributed by atoms with Gasteiger partial charge in [-0.05, 0) is 46.8 Å². The van der Waals surface area contributed by atoms with E-state index in [0.717, 1.165) is 9.36 Å². The van der Waals surface area contributed by atoms with Crippen LogP contribution in [0.25, 0.3) is 5.69 Å². The van der Waals surface area contributed by atoms with Gasteiger partial charge in [0.05, 0.1) is 28.9 Å². The minimum Gasteiger partial charge on any atom is -0.491 e. The minimum absolute atomic E-state index is 0.0444. The fourth-order valence-corrected chi connectivity index (χ4v) is 2.45. The lowest BCUT2D eigenvalue weighted by Gasteiger charge is -2.11. The van der Waals surface area contributed by atoms with Gasteiger partial charge in [0.25, 0.3) is 0 Å². The Labute approximate surface area is 153 Å². The number of hydrogen-bond donors (Lipinski definition) is 1. The van der Waals surface area contributed by atoms with Crippen LogP contribution in [-0.4, -0.2) is 37.6 Å². The summed E-state index contributed by atoms with van der Waals surface area (Å²) in [6.45, 7) is -0.128. The van der Waals surface area contributed by atoms with Crippen LogP contribution < -0.4 is 10.4 Å². The zero-order chi connectivity index (χ0) is 18.5. The van der Waals surface area contributed by atoms with Crippen LogP contribution in [0.5, 0.6) is 5.75 Å². The van der Waals surface area contributed by atoms with E-state index >= 15 is 0 Å². The van der Waals surface area contributed by atoms with Crippen molar-refractivity contribution >= 4 is 11.6 Å². The third-order valence-electron chi connectivity index (χ3n) is 3.53. The molecule has 0 radical (unpaired) electrons. The number of halogens is 1. The molecule has 0 saturated heterocycles. The molecule has 1 N–H and O–H groups in total. The number of nitrogens with zero attached hydrogens (tertiary/aromatic N) is 5. The first-order valence-corrected chi connectivity index (χ1v) is 8.05. The zero-order valence-corrected chi connectivity index (χ0v) is 14.2. The van der Waals surface area contributed by atoms with Gasteiger partial charge in [-0.15, -0.1) is 0 Å². The number of benzene rings is 2. The van der Waals surface area contributed by atoms with Crippen molar-refractivity contribution in [3.8, 4) is 17.5 Å². The van der Waals surface area contributed by atoms with Crippen molar-refractivity contribution in [2.45, 2.75) is 12.6 Å². The van der Waals surface area contributed by atoms with E-state index < -0.39 is 11.8 Å². The van der Waals surface area contributed by atoms with E-state index in [4.69, 9.17) is 21.6 Å². The molecule has 9 heteroatoms. The SMILES string of the molecule is N#Cc1ccc(OC[C@H](O)Cn2nnn(-c3ccccc3Cl)c2=O)cc1. The zero-order valence-electron chi connectivity index (χ0n) is 13.5. The number of ether oxygens (including phenoxy) is 1. The van der Waals surface area contributed by atoms with Crippen LogP contribution in [0, 0.1) is 11.3 Å². The van der Waals surface area contributed by atoms with Crippen molar-refractivity contribution in [1.29, 1.82) is 5.26 Å². The average molecular weight is 372 g/mol. The molecular weight excluding hydrogens is 358 g/mol. The number of aromatic nitrogens is 4. The molecule has 0 spiro atoms. The number of tetrazole rings is 1. The Morgan fingerprint density at radius 1 is 1.19 bits per heavy atom. The summed E-state index contributed by atoms with van der Waals surface area (Å²) in [4.78, 5) is 12.4. The van der Waals surface area contributed by atoms with E-state index in [-0.39, 0.29) is 13.2 Å². The number of para-hydroxylation sites is 1. The van der Waals surface area contributed by atoms with E-state index in [1.165, 1.54) is 0 Å². The lowest BCUT2D eigenvalue weighted by molar-refractivity contribution is 0.0879. The van der Waals surface area contributed by atoms with E-state index in [1.54, 1.807) is 48.5 Å². The predicted molar refractivity (Wildman–Crippen MR) is 93.3 cm³/mol. The van der Waals surface area contributed by atoms with Gasteiger partial charge in [0.15, 0.2) is 0 Å². The second-order valence-electron chi connectivity index (χ2n) is 5.41. The molecule has 0 bridgehead atoms. The molecule has 0 aliphatic heterocycles. The van der Waals surface area contributed by atoms with Gasteiger partial charge in [-0.1, -0.05) is 23.7 Å². The molecule has 8 nitrogen and oxygen atoms in total. The van der Waals surface area contributed by atoms with Crippen LogP contribution in [0.1, 0.15) is 5.56 Å². The Hall–Kier alpha value is -3.15. The van der Waals surface area contributed by atoms with Gasteiger partial charge in [-0.3, -0.25) is 0 Å². The third-order valence-corrected chi connectivity index (χ3v) is 3.85. The van der Waals surface area contributed by atoms with Gasteiger partial charge in [-0.25, -0.2) is 4.79 Å². The molecule has 3 rings (SSSR count). The maximum absolute atomic E-state index is 12.4. The Bertz CT molecular complexity index is 991. The Morgan fingerprint density at radius 2 is 1.92 bits per heavy atom. The smallest absolute Gasteiger partial charge is 0.368 e. The highest BCUT2D eigenvalue weighted by Crippen LogP contribution is 2.17. The van der Waals surface area contributed by atoms with E-state index in [1.807, 2.05) is 6.07 Å². The number of aliphatic hydroxyl groups is 1. The second-order valence-corrected chi connectivity index (χ2v) is 5.81. The average Bonchev–Trinajstić information content (AvgIpc) is 3.01. The van der Waals surface area contributed by atoms with Crippen molar-refractivity contribution < 1.29 is 9.84 Å². The van der Waals surface area contributed by atoms with Crippen molar-refractivity contribution in [2.75, 3.05) is 6.61 Å². The molecule has 1 atom stereocenters. The molecule has 1 heterocycles. The highest BCUT2D eigenvalue weighted by atomic mass is 35.5. The Morgan fingerprint density at radius 3 is 2.62 bits per heavy atom. The highest BCUT2D eigenvalue weighted by Gasteiger charge is 2.15. The minimum atomic E-state index is -0.972. The molecule has 0 saturated carbocycles. The molecule has 2 aromatic carbocycles. The summed E-state index contributed by atoms with van der Waals surface area (Å²) < 4.78 is 7.54. The Kier molecular flexibility index (Phi) is 5.31. The van der Waals surface area contributed by atoms with Gasteiger partial charge in [-0.2, -0.15) is 14.6 Å². The monoisotopic (exact) mass is 371 g/mol. The summed E-state index contributed by atoms with van der Waals surface area (Å²) in [5, 5.41) is 26.7. The molecule has 1 aromatic heterocycles. The lowest BCUT2D eigenvalue weighted by Crippen LogP contribution is -2.31. The number of rotatable bonds is 6. The van der Waals surface area contributed by atoms with Crippen LogP contribution in [0.4, 0.5) is 0 Å². The molecule has 26 heavy (non-hydrogen) atoms. The molecule has 0 fully saturated rings. The van der Waals surface area contributed by atoms with Gasteiger partial charge in [0, 0.05) is 0 Å². The third kappa shape index (κ3) is 3.91. The quantitative estimate of drug-likeness (QED) is 0.702. The van der Waals surface area contributed by atoms with Gasteiger partial charge >= 0.3 is 5.69 Å². The van der Waals surface area contributed by atoms with E-state index in [2.05, 4.69) is 10.4 Å². The maximum atomic E-state index is 12.4. The first-order chi connectivity index (χ1) is 12.6. The summed E-state index contributed by atoms with van der Waals surface area (Å²) in [6.07, 6.45) is -0.972. The summed E-state index contributed by atoms with van der Waals surface area (Å²) in [5.41, 5.74) is 0.407. The van der Waals surface area contributed by atoms with E-state index in [9.17, 15) is 9.90 Å². The number of aliphatic hydroxyl groups excluding tert-OH is 1. The van der Waals surface area contributed by atoms with Crippen LogP contribution >= 0.6 is 11.6 Å². The van der Waals surface area contributed by atoms with Crippen LogP contribution in [0.3, 0.4) is 0 Å². The molecule has 132 valence electrons. The van der Waals surface area contributed by atoms with Gasteiger partial charge in [0.1, 0.15) is 18.5 Å². The molecule has 0 aliphatic rings. The number of hydrogen-bond acceptors (Lipinski definition) is 6. The fraction of sp³-hybridized carbons (Fsp3) is 0.176. The first-order valence-electron chi connectivity index (χ1n) is 7.67. The van der Waals surface area contributed by atoms with Gasteiger partial charge in [0.2, 0.25) is 0 Å². The van der Waals surface area contributed by atoms with Crippen LogP contribution in [-0.2, 0) is 6.54 Å². The molecule has 3 aromatic rings. The summed E-state index contributed by atoms with van der Waals surface area (Å²) in [7, 11) is 0. The molecular formula is C17H14ClN5O3. The lowest BCUT2D eigenvalue weighted by atomic mass is 10.2. The van der Waals surface area contributed by atoms with Gasteiger partial charge < -0.3 is 9.84 Å². The maximum Gasteiger partial charge on any atom is 0.368 e. The second kappa shape index (κ2) is 7.82. The first kappa shape index (κ1) is 17.7. The van der Waals surface area contributed by atoms with Crippen molar-refractivity contribution in [2.24, 2.45) is 0 Å². The molecule has 0 aliphatic carbocycles. The summed E-state index contributed by atoms with van der Waals surface area (Å²) in [5.74, 6) is 0.509. The molecule has 0 unspecified atom stereocenters. The normalized spacial score (nSPS) is 11.7. The number of nitriles is 1. The van der Waals surface area contributed by atoms with E-state index in [0.29, 0.717) is 22.0 Å². The van der Waals surface area contributed by atoms with Crippen molar-refractivity contribution in [1.82, 2.24) is 19.8 Å². The van der Waals surface area contributed by atoms with Crippen molar-refractivity contribution in [3.05, 3.63) is 69.6 Å².